The Hall–Kier alpha value is -3.54. The molecule has 0 unspecified atom stereocenters. The minimum atomic E-state index is -0.368. The summed E-state index contributed by atoms with van der Waals surface area (Å²) in [5.41, 5.74) is 1.68. The van der Waals surface area contributed by atoms with E-state index in [1.54, 1.807) is 42.3 Å². The largest absolute Gasteiger partial charge is 0.472 e. The number of anilines is 1. The molecule has 0 spiro atoms. The first-order chi connectivity index (χ1) is 17.4. The van der Waals surface area contributed by atoms with Crippen molar-refractivity contribution in [3.05, 3.63) is 58.6 Å². The molecule has 1 aromatic carbocycles. The fraction of sp³-hybridized carbons (Fsp3) is 0.360. The van der Waals surface area contributed by atoms with E-state index >= 15 is 0 Å². The fourth-order valence-corrected chi connectivity index (χ4v) is 4.20. The number of aryl methyl sites for hydroxylation is 1. The van der Waals surface area contributed by atoms with E-state index in [9.17, 15) is 9.59 Å². The van der Waals surface area contributed by atoms with Crippen molar-refractivity contribution >= 4 is 28.3 Å². The molecule has 190 valence electrons. The lowest BCUT2D eigenvalue weighted by molar-refractivity contribution is 0.0303. The zero-order chi connectivity index (χ0) is 25.5. The predicted molar refractivity (Wildman–Crippen MR) is 134 cm³/mol. The normalized spacial score (nSPS) is 14.2. The fourth-order valence-electron chi connectivity index (χ4n) is 3.52. The third kappa shape index (κ3) is 6.78. The van der Waals surface area contributed by atoms with E-state index in [4.69, 9.17) is 18.9 Å². The minimum absolute atomic E-state index is 0.0538. The van der Waals surface area contributed by atoms with Crippen LogP contribution in [0.4, 0.5) is 5.13 Å². The summed E-state index contributed by atoms with van der Waals surface area (Å²) in [5, 5.41) is 5.13. The van der Waals surface area contributed by atoms with Gasteiger partial charge in [0.2, 0.25) is 11.8 Å². The number of hydrogen-bond acceptors (Lipinski definition) is 9. The molecule has 3 heterocycles. The maximum atomic E-state index is 12.9. The van der Waals surface area contributed by atoms with Gasteiger partial charge in [0, 0.05) is 43.3 Å². The highest BCUT2D eigenvalue weighted by molar-refractivity contribution is 7.13. The zero-order valence-corrected chi connectivity index (χ0v) is 21.2. The van der Waals surface area contributed by atoms with Crippen molar-refractivity contribution in [2.75, 3.05) is 45.3 Å². The molecule has 3 aromatic rings. The van der Waals surface area contributed by atoms with Crippen LogP contribution in [0, 0.1) is 6.92 Å². The quantitative estimate of drug-likeness (QED) is 0.461. The van der Waals surface area contributed by atoms with Gasteiger partial charge in [-0.05, 0) is 38.1 Å². The summed E-state index contributed by atoms with van der Waals surface area (Å²) >= 11 is 1.34. The van der Waals surface area contributed by atoms with Gasteiger partial charge in [0.25, 0.3) is 11.8 Å². The highest BCUT2D eigenvalue weighted by atomic mass is 32.1. The predicted octanol–water partition coefficient (Wildman–Crippen LogP) is 3.78. The van der Waals surface area contributed by atoms with Crippen LogP contribution in [0.3, 0.4) is 0 Å². The first-order valence-electron chi connectivity index (χ1n) is 11.5. The van der Waals surface area contributed by atoms with E-state index in [1.165, 1.54) is 17.4 Å². The summed E-state index contributed by atoms with van der Waals surface area (Å²) < 4.78 is 22.2. The molecular weight excluding hydrogens is 484 g/mol. The lowest BCUT2D eigenvalue weighted by Gasteiger charge is -2.26. The van der Waals surface area contributed by atoms with Gasteiger partial charge in [-0.25, -0.2) is 4.98 Å². The van der Waals surface area contributed by atoms with E-state index < -0.39 is 0 Å². The topological polar surface area (TPSA) is 112 Å². The smallest absolute Gasteiger partial charge is 0.257 e. The SMILES string of the molecule is COC[C@@H](C)Oc1cc(C(=O)Nc2nc(C)cs2)cc(Oc2ccc(C(=O)N3CCOCC3)cc2)n1. The molecule has 1 N–H and O–H groups in total. The highest BCUT2D eigenvalue weighted by Gasteiger charge is 2.19. The van der Waals surface area contributed by atoms with Crippen molar-refractivity contribution in [2.45, 2.75) is 20.0 Å². The van der Waals surface area contributed by atoms with Gasteiger partial charge < -0.3 is 23.8 Å². The zero-order valence-electron chi connectivity index (χ0n) is 20.4. The molecule has 10 nitrogen and oxygen atoms in total. The van der Waals surface area contributed by atoms with Gasteiger partial charge in [-0.1, -0.05) is 0 Å². The van der Waals surface area contributed by atoms with E-state index in [2.05, 4.69) is 15.3 Å². The van der Waals surface area contributed by atoms with E-state index in [0.717, 1.165) is 5.69 Å². The van der Waals surface area contributed by atoms with Gasteiger partial charge in [-0.2, -0.15) is 4.98 Å². The monoisotopic (exact) mass is 512 g/mol. The van der Waals surface area contributed by atoms with Crippen molar-refractivity contribution in [1.82, 2.24) is 14.9 Å². The second-order valence-corrected chi connectivity index (χ2v) is 9.05. The Labute approximate surface area is 213 Å². The Balaban J connectivity index is 1.52. The highest BCUT2D eigenvalue weighted by Crippen LogP contribution is 2.26. The Kier molecular flexibility index (Phi) is 8.47. The third-order valence-electron chi connectivity index (χ3n) is 5.23. The first-order valence-corrected chi connectivity index (χ1v) is 12.4. The van der Waals surface area contributed by atoms with Crippen molar-refractivity contribution in [3.8, 4) is 17.5 Å². The van der Waals surface area contributed by atoms with Crippen molar-refractivity contribution in [1.29, 1.82) is 0 Å². The molecule has 0 saturated carbocycles. The van der Waals surface area contributed by atoms with Crippen LogP contribution in [-0.4, -0.2) is 72.8 Å². The van der Waals surface area contributed by atoms with Crippen LogP contribution in [0.2, 0.25) is 0 Å². The standard InChI is InChI=1S/C25H28N4O6S/c1-16-15-36-25(26-16)28-23(30)19-12-21(34-17(2)14-32-3)27-22(13-19)35-20-6-4-18(5-7-20)24(31)29-8-10-33-11-9-29/h4-7,12-13,15,17H,8-11,14H2,1-3H3,(H,26,28,30)/t17-/m1/s1. The maximum Gasteiger partial charge on any atom is 0.257 e. The number of carbonyl (C=O) groups excluding carboxylic acids is 2. The number of morpholine rings is 1. The van der Waals surface area contributed by atoms with E-state index in [1.807, 2.05) is 19.2 Å². The minimum Gasteiger partial charge on any atom is -0.472 e. The molecule has 1 atom stereocenters. The molecule has 0 aliphatic carbocycles. The lowest BCUT2D eigenvalue weighted by atomic mass is 10.2. The number of carbonyl (C=O) groups is 2. The molecule has 2 aromatic heterocycles. The lowest BCUT2D eigenvalue weighted by Crippen LogP contribution is -2.40. The first kappa shape index (κ1) is 25.5. The van der Waals surface area contributed by atoms with Crippen LogP contribution in [0.15, 0.2) is 41.8 Å². The van der Waals surface area contributed by atoms with E-state index in [0.29, 0.717) is 54.9 Å². The van der Waals surface area contributed by atoms with Crippen LogP contribution >= 0.6 is 11.3 Å². The number of nitrogens with one attached hydrogen (secondary N) is 1. The van der Waals surface area contributed by atoms with Gasteiger partial charge in [0.15, 0.2) is 5.13 Å². The molecule has 0 radical (unpaired) electrons. The molecule has 1 fully saturated rings. The summed E-state index contributed by atoms with van der Waals surface area (Å²) in [5.74, 6) is 0.431. The number of hydrogen-bond donors (Lipinski definition) is 1. The summed E-state index contributed by atoms with van der Waals surface area (Å²) in [7, 11) is 1.58. The third-order valence-corrected chi connectivity index (χ3v) is 6.10. The Morgan fingerprint density at radius 3 is 2.50 bits per heavy atom. The van der Waals surface area contributed by atoms with Gasteiger partial charge >= 0.3 is 0 Å². The molecule has 2 amide bonds. The molecule has 36 heavy (non-hydrogen) atoms. The van der Waals surface area contributed by atoms with Crippen LogP contribution in [0.25, 0.3) is 0 Å². The number of methoxy groups -OCH3 is 1. The Morgan fingerprint density at radius 2 is 1.83 bits per heavy atom. The second-order valence-electron chi connectivity index (χ2n) is 8.20. The maximum absolute atomic E-state index is 12.9. The summed E-state index contributed by atoms with van der Waals surface area (Å²) in [4.78, 5) is 36.0. The number of thiazole rings is 1. The molecule has 1 aliphatic rings. The van der Waals surface area contributed by atoms with E-state index in [-0.39, 0.29) is 29.7 Å². The van der Waals surface area contributed by atoms with Gasteiger partial charge in [-0.3, -0.25) is 14.9 Å². The van der Waals surface area contributed by atoms with Crippen molar-refractivity contribution < 1.29 is 28.5 Å². The molecule has 1 saturated heterocycles. The van der Waals surface area contributed by atoms with Gasteiger partial charge in [0.1, 0.15) is 11.9 Å². The molecular formula is C25H28N4O6S. The molecule has 1 aliphatic heterocycles. The average Bonchev–Trinajstić information content (AvgIpc) is 3.29. The molecule has 4 rings (SSSR count). The van der Waals surface area contributed by atoms with Crippen LogP contribution in [0.1, 0.15) is 33.3 Å². The van der Waals surface area contributed by atoms with Gasteiger partial charge in [0.05, 0.1) is 31.1 Å². The number of pyridine rings is 1. The number of aromatic nitrogens is 2. The van der Waals surface area contributed by atoms with Crippen LogP contribution < -0.4 is 14.8 Å². The second kappa shape index (κ2) is 11.9. The number of rotatable bonds is 9. The summed E-state index contributed by atoms with van der Waals surface area (Å²) in [6, 6.07) is 9.84. The van der Waals surface area contributed by atoms with Crippen LogP contribution in [0.5, 0.6) is 17.5 Å². The molecule has 0 bridgehead atoms. The molecule has 11 heteroatoms. The average molecular weight is 513 g/mol. The number of ether oxygens (including phenoxy) is 4. The Morgan fingerprint density at radius 1 is 1.11 bits per heavy atom. The van der Waals surface area contributed by atoms with Gasteiger partial charge in [-0.15, -0.1) is 11.3 Å². The number of nitrogens with zero attached hydrogens (tertiary/aromatic N) is 3. The van der Waals surface area contributed by atoms with Crippen molar-refractivity contribution in [2.24, 2.45) is 0 Å². The van der Waals surface area contributed by atoms with Crippen molar-refractivity contribution in [3.63, 3.8) is 0 Å². The summed E-state index contributed by atoms with van der Waals surface area (Å²) in [6.45, 7) is 6.26. The number of benzene rings is 1. The Bertz CT molecular complexity index is 1190. The summed E-state index contributed by atoms with van der Waals surface area (Å²) in [6.07, 6.45) is -0.291. The van der Waals surface area contributed by atoms with Crippen LogP contribution in [-0.2, 0) is 9.47 Å². The number of amides is 2.